The lowest BCUT2D eigenvalue weighted by molar-refractivity contribution is -0.171. The van der Waals surface area contributed by atoms with E-state index in [9.17, 15) is 0 Å². The number of rotatable bonds is 2. The molecule has 1 saturated carbocycles. The van der Waals surface area contributed by atoms with E-state index in [1.165, 1.54) is 25.7 Å². The molecule has 1 saturated heterocycles. The summed E-state index contributed by atoms with van der Waals surface area (Å²) in [6, 6.07) is 0.278. The molecule has 2 rings (SSSR count). The number of nitrogens with zero attached hydrogens (tertiary/aromatic N) is 2. The molecule has 2 fully saturated rings. The van der Waals surface area contributed by atoms with Crippen LogP contribution in [0.25, 0.3) is 0 Å². The molecule has 4 heteroatoms. The molecule has 0 aromatic carbocycles. The fraction of sp³-hybridized carbons (Fsp3) is 0.933. The normalized spacial score (nSPS) is 35.7. The number of hydrogen-bond acceptors (Lipinski definition) is 2. The minimum absolute atomic E-state index is 0.0538. The summed E-state index contributed by atoms with van der Waals surface area (Å²) in [6.07, 6.45) is 6.08. The van der Waals surface area contributed by atoms with Crippen molar-refractivity contribution in [1.29, 1.82) is 0 Å². The number of methoxy groups -OCH3 is 1. The molecule has 2 aliphatic rings. The number of guanidine groups is 1. The Hall–Kier alpha value is -0.770. The summed E-state index contributed by atoms with van der Waals surface area (Å²) in [7, 11) is 1.79. The maximum Gasteiger partial charge on any atom is 0.191 e. The molecule has 110 valence electrons. The molecular weight excluding hydrogens is 238 g/mol. The molecular formula is C15H29N3O. The van der Waals surface area contributed by atoms with Crippen LogP contribution in [-0.2, 0) is 4.74 Å². The molecule has 2 atom stereocenters. The second kappa shape index (κ2) is 5.31. The van der Waals surface area contributed by atoms with Crippen molar-refractivity contribution in [3.05, 3.63) is 0 Å². The van der Waals surface area contributed by atoms with E-state index in [1.807, 2.05) is 0 Å². The Morgan fingerprint density at radius 2 is 1.74 bits per heavy atom. The van der Waals surface area contributed by atoms with Crippen LogP contribution in [0.5, 0.6) is 0 Å². The quantitative estimate of drug-likeness (QED) is 0.617. The maximum absolute atomic E-state index is 6.21. The SMILES string of the molecule is COC1(C)CC(N=C(N)N2CCCCCC2)C1(C)C. The predicted octanol–water partition coefficient (Wildman–Crippen LogP) is 2.38. The molecule has 0 radical (unpaired) electrons. The maximum atomic E-state index is 6.21. The van der Waals surface area contributed by atoms with Gasteiger partial charge in [0.15, 0.2) is 5.96 Å². The van der Waals surface area contributed by atoms with Gasteiger partial charge in [0.05, 0.1) is 11.6 Å². The van der Waals surface area contributed by atoms with Gasteiger partial charge in [0.2, 0.25) is 0 Å². The van der Waals surface area contributed by atoms with Gasteiger partial charge in [0.1, 0.15) is 0 Å². The third-order valence-corrected chi connectivity index (χ3v) is 5.45. The lowest BCUT2D eigenvalue weighted by Crippen LogP contribution is -2.63. The third kappa shape index (κ3) is 2.60. The molecule has 0 aromatic heterocycles. The standard InChI is InChI=1S/C15H29N3O/c1-14(2)12(11-15(14,3)19-4)17-13(16)18-9-7-5-6-8-10-18/h12H,5-11H2,1-4H3,(H2,16,17). The van der Waals surface area contributed by atoms with E-state index in [2.05, 4.69) is 25.7 Å². The van der Waals surface area contributed by atoms with E-state index in [4.69, 9.17) is 15.5 Å². The van der Waals surface area contributed by atoms with Crippen LogP contribution in [-0.4, -0.2) is 42.7 Å². The number of ether oxygens (including phenoxy) is 1. The van der Waals surface area contributed by atoms with Crippen molar-refractivity contribution >= 4 is 5.96 Å². The van der Waals surface area contributed by atoms with Crippen LogP contribution in [0.2, 0.25) is 0 Å². The third-order valence-electron chi connectivity index (χ3n) is 5.45. The van der Waals surface area contributed by atoms with Crippen molar-refractivity contribution in [3.63, 3.8) is 0 Å². The number of likely N-dealkylation sites (tertiary alicyclic amines) is 1. The topological polar surface area (TPSA) is 50.9 Å². The highest BCUT2D eigenvalue weighted by molar-refractivity contribution is 5.78. The van der Waals surface area contributed by atoms with Gasteiger partial charge in [-0.3, -0.25) is 0 Å². The average Bonchev–Trinajstić information content (AvgIpc) is 2.66. The zero-order valence-corrected chi connectivity index (χ0v) is 12.9. The number of aliphatic imine (C=N–C) groups is 1. The lowest BCUT2D eigenvalue weighted by Gasteiger charge is -2.57. The van der Waals surface area contributed by atoms with Gasteiger partial charge in [-0.2, -0.15) is 0 Å². The Bertz CT molecular complexity index is 345. The second-order valence-corrected chi connectivity index (χ2v) is 6.77. The van der Waals surface area contributed by atoms with Crippen molar-refractivity contribution < 1.29 is 4.74 Å². The van der Waals surface area contributed by atoms with Gasteiger partial charge < -0.3 is 15.4 Å². The van der Waals surface area contributed by atoms with Crippen molar-refractivity contribution in [2.45, 2.75) is 64.5 Å². The van der Waals surface area contributed by atoms with Crippen LogP contribution >= 0.6 is 0 Å². The molecule has 1 heterocycles. The summed E-state index contributed by atoms with van der Waals surface area (Å²) in [5, 5.41) is 0. The van der Waals surface area contributed by atoms with Crippen molar-refractivity contribution in [2.24, 2.45) is 16.1 Å². The first-order valence-electron chi connectivity index (χ1n) is 7.54. The Kier molecular flexibility index (Phi) is 4.09. The zero-order valence-electron chi connectivity index (χ0n) is 12.9. The highest BCUT2D eigenvalue weighted by Gasteiger charge is 2.58. The van der Waals surface area contributed by atoms with Gasteiger partial charge in [-0.05, 0) is 26.2 Å². The van der Waals surface area contributed by atoms with Crippen LogP contribution in [0.4, 0.5) is 0 Å². The van der Waals surface area contributed by atoms with Crippen LogP contribution in [0, 0.1) is 5.41 Å². The van der Waals surface area contributed by atoms with Gasteiger partial charge in [-0.1, -0.05) is 26.7 Å². The summed E-state index contributed by atoms with van der Waals surface area (Å²) < 4.78 is 5.64. The number of nitrogens with two attached hydrogens (primary N) is 1. The molecule has 1 aliphatic heterocycles. The molecule has 19 heavy (non-hydrogen) atoms. The van der Waals surface area contributed by atoms with E-state index in [0.29, 0.717) is 0 Å². The first-order chi connectivity index (χ1) is 8.90. The highest BCUT2D eigenvalue weighted by atomic mass is 16.5. The summed E-state index contributed by atoms with van der Waals surface area (Å²) >= 11 is 0. The number of hydrogen-bond donors (Lipinski definition) is 1. The van der Waals surface area contributed by atoms with Crippen molar-refractivity contribution in [3.8, 4) is 0 Å². The average molecular weight is 267 g/mol. The first kappa shape index (κ1) is 14.6. The molecule has 2 unspecified atom stereocenters. The molecule has 0 bridgehead atoms. The monoisotopic (exact) mass is 267 g/mol. The molecule has 1 aliphatic carbocycles. The van der Waals surface area contributed by atoms with Crippen LogP contribution < -0.4 is 5.73 Å². The largest absolute Gasteiger partial charge is 0.378 e. The van der Waals surface area contributed by atoms with Gasteiger partial charge in [-0.15, -0.1) is 0 Å². The van der Waals surface area contributed by atoms with Gasteiger partial charge in [0, 0.05) is 25.6 Å². The Balaban J connectivity index is 2.02. The van der Waals surface area contributed by atoms with E-state index in [1.54, 1.807) is 7.11 Å². The van der Waals surface area contributed by atoms with E-state index in [0.717, 1.165) is 25.5 Å². The fourth-order valence-corrected chi connectivity index (χ4v) is 3.20. The van der Waals surface area contributed by atoms with E-state index >= 15 is 0 Å². The molecule has 4 nitrogen and oxygen atoms in total. The summed E-state index contributed by atoms with van der Waals surface area (Å²) in [6.45, 7) is 8.74. The van der Waals surface area contributed by atoms with Gasteiger partial charge in [0.25, 0.3) is 0 Å². The van der Waals surface area contributed by atoms with Crippen molar-refractivity contribution in [1.82, 2.24) is 4.90 Å². The van der Waals surface area contributed by atoms with Crippen LogP contribution in [0.3, 0.4) is 0 Å². The molecule has 0 aromatic rings. The molecule has 0 amide bonds. The molecule has 0 spiro atoms. The van der Waals surface area contributed by atoms with E-state index < -0.39 is 0 Å². The van der Waals surface area contributed by atoms with Gasteiger partial charge in [-0.25, -0.2) is 4.99 Å². The summed E-state index contributed by atoms with van der Waals surface area (Å²) in [4.78, 5) is 7.04. The smallest absolute Gasteiger partial charge is 0.191 e. The fourth-order valence-electron chi connectivity index (χ4n) is 3.20. The van der Waals surface area contributed by atoms with Crippen molar-refractivity contribution in [2.75, 3.05) is 20.2 Å². The van der Waals surface area contributed by atoms with Crippen LogP contribution in [0.15, 0.2) is 4.99 Å². The van der Waals surface area contributed by atoms with Crippen LogP contribution in [0.1, 0.15) is 52.9 Å². The minimum atomic E-state index is -0.0692. The lowest BCUT2D eigenvalue weighted by atomic mass is 9.56. The summed E-state index contributed by atoms with van der Waals surface area (Å²) in [5.41, 5.74) is 6.20. The highest BCUT2D eigenvalue weighted by Crippen LogP contribution is 2.53. The first-order valence-corrected chi connectivity index (χ1v) is 7.54. The Morgan fingerprint density at radius 1 is 1.16 bits per heavy atom. The second-order valence-electron chi connectivity index (χ2n) is 6.77. The summed E-state index contributed by atoms with van der Waals surface area (Å²) in [5.74, 6) is 0.734. The Labute approximate surface area is 117 Å². The van der Waals surface area contributed by atoms with Gasteiger partial charge >= 0.3 is 0 Å². The Morgan fingerprint density at radius 3 is 2.21 bits per heavy atom. The minimum Gasteiger partial charge on any atom is -0.378 e. The molecule has 2 N–H and O–H groups in total. The van der Waals surface area contributed by atoms with E-state index in [-0.39, 0.29) is 17.1 Å². The predicted molar refractivity (Wildman–Crippen MR) is 79.3 cm³/mol. The zero-order chi connectivity index (χ0) is 14.1.